The normalized spacial score (nSPS) is 15.3. The van der Waals surface area contributed by atoms with Gasteiger partial charge in [-0.1, -0.05) is 55.4 Å². The number of amides is 3. The van der Waals surface area contributed by atoms with Crippen LogP contribution in [-0.4, -0.2) is 47.9 Å². The third-order valence-corrected chi connectivity index (χ3v) is 5.12. The van der Waals surface area contributed by atoms with E-state index in [-0.39, 0.29) is 36.0 Å². The van der Waals surface area contributed by atoms with Gasteiger partial charge in [-0.2, -0.15) is 0 Å². The van der Waals surface area contributed by atoms with Crippen molar-refractivity contribution in [3.8, 4) is 0 Å². The molecule has 0 aromatic heterocycles. The molecule has 9 nitrogen and oxygen atoms in total. The van der Waals surface area contributed by atoms with Crippen molar-refractivity contribution in [2.24, 2.45) is 23.7 Å². The number of hydrogen-bond acceptors (Lipinski definition) is 5. The molecule has 0 fully saturated rings. The number of carboxylic acid groups (broad SMARTS) is 1. The van der Waals surface area contributed by atoms with E-state index < -0.39 is 42.0 Å². The van der Waals surface area contributed by atoms with Crippen molar-refractivity contribution < 1.29 is 30.0 Å². The molecule has 0 saturated carbocycles. The fraction of sp³-hybridized carbons (Fsp3) is 0.833. The summed E-state index contributed by atoms with van der Waals surface area (Å²) in [6.45, 7) is 15.4. The van der Waals surface area contributed by atoms with Crippen molar-refractivity contribution in [3.63, 3.8) is 0 Å². The molecule has 0 rings (SSSR count). The topological polar surface area (TPSA) is 155 Å². The molecule has 0 aliphatic rings. The van der Waals surface area contributed by atoms with E-state index in [0.717, 1.165) is 0 Å². The summed E-state index contributed by atoms with van der Waals surface area (Å²) >= 11 is 0. The Morgan fingerprint density at radius 3 is 1.21 bits per heavy atom. The van der Waals surface area contributed by atoms with Crippen LogP contribution in [0.5, 0.6) is 0 Å². The minimum absolute atomic E-state index is 0.0402. The van der Waals surface area contributed by atoms with Crippen LogP contribution in [0, 0.1) is 23.7 Å². The smallest absolute Gasteiger partial charge is 0.278 e. The zero-order chi connectivity index (χ0) is 25.9. The number of rotatable bonds is 15. The molecule has 0 saturated heterocycles. The average Bonchev–Trinajstić information content (AvgIpc) is 2.64. The van der Waals surface area contributed by atoms with E-state index in [1.807, 2.05) is 55.4 Å². The highest BCUT2D eigenvalue weighted by molar-refractivity contribution is 5.93. The van der Waals surface area contributed by atoms with Crippen LogP contribution < -0.4 is 26.8 Å². The number of carbonyl (C=O) groups is 4. The molecule has 0 aromatic rings. The molecule has 4 atom stereocenters. The second-order valence-electron chi connectivity index (χ2n) is 10.7. The average molecular weight is 471 g/mol. The maximum Gasteiger partial charge on any atom is 0.278 e. The molecular weight excluding hydrogens is 424 g/mol. The first-order valence-corrected chi connectivity index (χ1v) is 12.1. The van der Waals surface area contributed by atoms with Crippen molar-refractivity contribution in [3.05, 3.63) is 0 Å². The SMILES string of the molecule is CC(C)C[C@H](NC(=O)[C@H](CC(C)C)NC(=O)[C@H](CC(C)C)NC(=O)[C@@H]([NH3+])CC(C)C)C(=O)[O-]. The lowest BCUT2D eigenvalue weighted by Crippen LogP contribution is -2.69. The van der Waals surface area contributed by atoms with Gasteiger partial charge in [-0.15, -0.1) is 0 Å². The van der Waals surface area contributed by atoms with Crippen LogP contribution >= 0.6 is 0 Å². The number of nitrogens with one attached hydrogen (secondary N) is 3. The van der Waals surface area contributed by atoms with Gasteiger partial charge in [0.05, 0.1) is 12.0 Å². The lowest BCUT2D eigenvalue weighted by molar-refractivity contribution is -0.406. The number of carboxylic acids is 1. The van der Waals surface area contributed by atoms with Gasteiger partial charge in [-0.3, -0.25) is 14.4 Å². The number of carbonyl (C=O) groups excluding carboxylic acids is 4. The zero-order valence-electron chi connectivity index (χ0n) is 21.7. The van der Waals surface area contributed by atoms with Gasteiger partial charge >= 0.3 is 0 Å². The Morgan fingerprint density at radius 1 is 0.576 bits per heavy atom. The maximum absolute atomic E-state index is 13.1. The molecule has 33 heavy (non-hydrogen) atoms. The number of hydrogen-bond donors (Lipinski definition) is 4. The standard InChI is InChI=1S/C24H46N4O5/c1-13(2)9-17(25)21(29)26-18(10-14(3)4)22(30)27-19(11-15(5)6)23(31)28-20(24(32)33)12-16(7)8/h13-20H,9-12,25H2,1-8H3,(H,26,29)(H,27,30)(H,28,31)(H,32,33)/t17-,18-,19-,20-/m0/s1. The molecule has 0 bridgehead atoms. The van der Waals surface area contributed by atoms with Gasteiger partial charge in [-0.05, 0) is 42.9 Å². The summed E-state index contributed by atoms with van der Waals surface area (Å²) in [5.74, 6) is -2.18. The van der Waals surface area contributed by atoms with Gasteiger partial charge in [0, 0.05) is 6.42 Å². The summed E-state index contributed by atoms with van der Waals surface area (Å²) in [5.41, 5.74) is 3.90. The number of aliphatic carboxylic acids is 1. The van der Waals surface area contributed by atoms with Gasteiger partial charge in [0.25, 0.3) is 5.91 Å². The van der Waals surface area contributed by atoms with Crippen LogP contribution in [0.25, 0.3) is 0 Å². The minimum atomic E-state index is -1.36. The van der Waals surface area contributed by atoms with Crippen LogP contribution in [0.2, 0.25) is 0 Å². The van der Waals surface area contributed by atoms with Crippen molar-refractivity contribution in [1.82, 2.24) is 16.0 Å². The quantitative estimate of drug-likeness (QED) is 0.265. The molecule has 6 N–H and O–H groups in total. The molecule has 0 aliphatic heterocycles. The third kappa shape index (κ3) is 13.2. The fourth-order valence-electron chi connectivity index (χ4n) is 3.60. The summed E-state index contributed by atoms with van der Waals surface area (Å²) in [7, 11) is 0. The molecule has 0 radical (unpaired) electrons. The summed E-state index contributed by atoms with van der Waals surface area (Å²) < 4.78 is 0. The van der Waals surface area contributed by atoms with Crippen LogP contribution in [-0.2, 0) is 19.2 Å². The van der Waals surface area contributed by atoms with Crippen molar-refractivity contribution in [1.29, 1.82) is 0 Å². The van der Waals surface area contributed by atoms with E-state index in [1.54, 1.807) is 0 Å². The summed E-state index contributed by atoms with van der Waals surface area (Å²) in [4.78, 5) is 50.0. The van der Waals surface area contributed by atoms with Gasteiger partial charge < -0.3 is 31.6 Å². The van der Waals surface area contributed by atoms with Crippen LogP contribution in [0.4, 0.5) is 0 Å². The first-order valence-electron chi connectivity index (χ1n) is 12.1. The van der Waals surface area contributed by atoms with E-state index in [0.29, 0.717) is 19.3 Å². The van der Waals surface area contributed by atoms with Crippen molar-refractivity contribution >= 4 is 23.7 Å². The molecule has 0 spiro atoms. The van der Waals surface area contributed by atoms with Gasteiger partial charge in [0.15, 0.2) is 6.04 Å². The van der Waals surface area contributed by atoms with Crippen LogP contribution in [0.3, 0.4) is 0 Å². The first kappa shape index (κ1) is 30.8. The first-order chi connectivity index (χ1) is 15.1. The highest BCUT2D eigenvalue weighted by Gasteiger charge is 2.31. The maximum atomic E-state index is 13.1. The predicted molar refractivity (Wildman–Crippen MR) is 125 cm³/mol. The summed E-state index contributed by atoms with van der Waals surface area (Å²) in [6.07, 6.45) is 1.55. The van der Waals surface area contributed by atoms with Crippen LogP contribution in [0.1, 0.15) is 81.1 Å². The summed E-state index contributed by atoms with van der Waals surface area (Å²) in [5, 5.41) is 19.5. The van der Waals surface area contributed by atoms with Gasteiger partial charge in [0.1, 0.15) is 12.1 Å². The van der Waals surface area contributed by atoms with E-state index >= 15 is 0 Å². The molecule has 0 aliphatic carbocycles. The van der Waals surface area contributed by atoms with E-state index in [4.69, 9.17) is 0 Å². The lowest BCUT2D eigenvalue weighted by Gasteiger charge is -2.28. The Kier molecular flexibility index (Phi) is 13.9. The molecule has 0 heterocycles. The number of quaternary nitrogens is 1. The largest absolute Gasteiger partial charge is 0.548 e. The fourth-order valence-corrected chi connectivity index (χ4v) is 3.60. The Morgan fingerprint density at radius 2 is 0.879 bits per heavy atom. The molecule has 192 valence electrons. The Labute approximate surface area is 199 Å². The van der Waals surface area contributed by atoms with Gasteiger partial charge in [0.2, 0.25) is 11.8 Å². The van der Waals surface area contributed by atoms with Crippen molar-refractivity contribution in [2.45, 2.75) is 105 Å². The molecule has 3 amide bonds. The molecule has 9 heteroatoms. The second kappa shape index (κ2) is 14.9. The minimum Gasteiger partial charge on any atom is -0.548 e. The lowest BCUT2D eigenvalue weighted by atomic mass is 9.98. The molecule has 0 aromatic carbocycles. The Hall–Kier alpha value is -2.16. The second-order valence-corrected chi connectivity index (χ2v) is 10.7. The molecule has 0 unspecified atom stereocenters. The van der Waals surface area contributed by atoms with E-state index in [2.05, 4.69) is 21.7 Å². The summed E-state index contributed by atoms with van der Waals surface area (Å²) in [6, 6.07) is -3.37. The highest BCUT2D eigenvalue weighted by atomic mass is 16.4. The van der Waals surface area contributed by atoms with Gasteiger partial charge in [-0.25, -0.2) is 0 Å². The zero-order valence-corrected chi connectivity index (χ0v) is 21.7. The van der Waals surface area contributed by atoms with Crippen LogP contribution in [0.15, 0.2) is 0 Å². The molecular formula is C24H46N4O5. The predicted octanol–water partition coefficient (Wildman–Crippen LogP) is -0.0144. The van der Waals surface area contributed by atoms with E-state index in [1.165, 1.54) is 0 Å². The van der Waals surface area contributed by atoms with Crippen molar-refractivity contribution in [2.75, 3.05) is 0 Å². The highest BCUT2D eigenvalue weighted by Crippen LogP contribution is 2.11. The Balaban J connectivity index is 5.50. The monoisotopic (exact) mass is 470 g/mol. The third-order valence-electron chi connectivity index (χ3n) is 5.12. The Bertz CT molecular complexity index is 649. The van der Waals surface area contributed by atoms with E-state index in [9.17, 15) is 24.3 Å².